The number of nitrogens with zero attached hydrogens (tertiary/aromatic N) is 5. The Balaban J connectivity index is 0.000000231. The molecule has 0 saturated carbocycles. The van der Waals surface area contributed by atoms with Crippen molar-refractivity contribution in [2.45, 2.75) is 287 Å². The van der Waals surface area contributed by atoms with Gasteiger partial charge < -0.3 is 74.2 Å². The van der Waals surface area contributed by atoms with Gasteiger partial charge in [-0.15, -0.1) is 0 Å². The van der Waals surface area contributed by atoms with Crippen LogP contribution in [-0.2, 0) is 50.1 Å². The van der Waals surface area contributed by atoms with Crippen molar-refractivity contribution >= 4 is 117 Å². The standard InChI is InChI=1S/3C22H27N3O2.C14H19N.C13H17N.C11H11NO2.C8H12N2O.C4H9Br.2CO2/c3*1-6-15(4)25-16(5)20(17-9-7-8-10-19(17)25)22(27)23-12-18-13(2)11-14(3)24-21(18)26;1-5-10(2)15-12(4)11(3)13-8-6-7-9-14(13)15;1-4-10(2)14-11(3)9-12-7-5-6-8-13(12)14;1-7-10(11(13)14-2)8-5-3-4-6-9(8)12-7;1-5-3-6(2)10-8(11)7(5)4-9;1-3-4(2)5;2*2-1-3/h3*7-11,15H,6,12H2,1-5H3,(H,23,27)(H,24,26);6-10H,5H2,1-4H3;5-10H,4H2,1-3H3;3-6,12H,1-2H3;3H,4,9H2,1-2H3,(H,10,11);4H,3H2,1-2H3;;. The van der Waals surface area contributed by atoms with Gasteiger partial charge in [0, 0.05) is 200 Å². The largest absolute Gasteiger partial charge is 0.465 e. The third-order valence-electron chi connectivity index (χ3n) is 27.0. The Morgan fingerprint density at radius 1 is 0.349 bits per heavy atom. The number of fused-ring (bicyclic) bond motifs is 6. The quantitative estimate of drug-likeness (QED) is 0.0225. The van der Waals surface area contributed by atoms with Gasteiger partial charge in [-0.3, -0.25) is 33.6 Å². The molecular formula is C118H149BrN14O13. The van der Waals surface area contributed by atoms with Gasteiger partial charge >= 0.3 is 18.3 Å². The zero-order chi connectivity index (χ0) is 109. The van der Waals surface area contributed by atoms with Crippen molar-refractivity contribution in [3.8, 4) is 0 Å². The average molecular weight is 2050 g/mol. The molecule has 0 fully saturated rings. The van der Waals surface area contributed by atoms with Crippen molar-refractivity contribution in [3.05, 3.63) is 347 Å². The topological polar surface area (TPSA) is 380 Å². The molecule has 0 aliphatic heterocycles. The molecule has 10 aromatic heterocycles. The van der Waals surface area contributed by atoms with Crippen LogP contribution in [-0.4, -0.2) is 95.7 Å². The number of pyridine rings is 4. The van der Waals surface area contributed by atoms with Crippen molar-refractivity contribution in [1.29, 1.82) is 0 Å². The van der Waals surface area contributed by atoms with Crippen LogP contribution in [0.15, 0.2) is 195 Å². The first kappa shape index (κ1) is 118. The van der Waals surface area contributed by atoms with Crippen molar-refractivity contribution in [2.24, 2.45) is 5.73 Å². The van der Waals surface area contributed by atoms with E-state index in [1.54, 1.807) is 0 Å². The lowest BCUT2D eigenvalue weighted by atomic mass is 10.1. The number of alkyl halides is 1. The number of hydrogen-bond donors (Lipinski definition) is 9. The summed E-state index contributed by atoms with van der Waals surface area (Å²) in [5.74, 6) is -0.736. The molecule has 0 aliphatic carbocycles. The number of nitrogens with one attached hydrogen (secondary N) is 8. The molecule has 6 aromatic carbocycles. The van der Waals surface area contributed by atoms with Crippen LogP contribution in [0.25, 0.3) is 65.4 Å². The lowest BCUT2D eigenvalue weighted by Crippen LogP contribution is -2.28. The minimum atomic E-state index is -0.292. The molecule has 0 aliphatic rings. The number of aryl methyl sites for hydroxylation is 11. The number of aromatic nitrogens is 10. The smallest absolute Gasteiger partial charge is 0.373 e. The zero-order valence-electron chi connectivity index (χ0n) is 90.3. The Morgan fingerprint density at radius 3 is 0.918 bits per heavy atom. The van der Waals surface area contributed by atoms with Crippen LogP contribution >= 0.6 is 15.9 Å². The number of ether oxygens (including phenoxy) is 1. The van der Waals surface area contributed by atoms with E-state index in [9.17, 15) is 38.4 Å². The third kappa shape index (κ3) is 29.2. The number of methoxy groups -OCH3 is 1. The molecule has 16 rings (SSSR count). The van der Waals surface area contributed by atoms with Crippen LogP contribution in [0.4, 0.5) is 0 Å². The predicted octanol–water partition coefficient (Wildman–Crippen LogP) is 24.3. The number of hydrogen-bond acceptors (Lipinski definition) is 14. The Kier molecular flexibility index (Phi) is 45.5. The summed E-state index contributed by atoms with van der Waals surface area (Å²) in [5.41, 5.74) is 31.8. The lowest BCUT2D eigenvalue weighted by molar-refractivity contribution is -0.193. The van der Waals surface area contributed by atoms with E-state index in [2.05, 4.69) is 256 Å². The van der Waals surface area contributed by atoms with Gasteiger partial charge in [0.25, 0.3) is 40.0 Å². The van der Waals surface area contributed by atoms with Gasteiger partial charge in [-0.2, -0.15) is 19.2 Å². The number of aromatic amines is 5. The fraction of sp³-hybridized carbons (Fsp3) is 0.373. The number of amides is 3. The normalized spacial score (nSPS) is 11.9. The molecule has 16 aromatic rings. The van der Waals surface area contributed by atoms with Crippen LogP contribution in [0.5, 0.6) is 0 Å². The van der Waals surface area contributed by atoms with E-state index < -0.39 is 0 Å². The minimum Gasteiger partial charge on any atom is -0.465 e. The monoisotopic (exact) mass is 2050 g/mol. The molecular weight excluding hydrogens is 1900 g/mol. The first-order valence-electron chi connectivity index (χ1n) is 49.9. The van der Waals surface area contributed by atoms with Crippen molar-refractivity contribution in [3.63, 3.8) is 0 Å². The summed E-state index contributed by atoms with van der Waals surface area (Å²) < 4.78 is 16.3. The van der Waals surface area contributed by atoms with Crippen molar-refractivity contribution in [2.75, 3.05) is 7.11 Å². The molecule has 0 bridgehead atoms. The highest BCUT2D eigenvalue weighted by molar-refractivity contribution is 9.09. The van der Waals surface area contributed by atoms with Gasteiger partial charge in [0.1, 0.15) is 0 Å². The van der Waals surface area contributed by atoms with Gasteiger partial charge in [-0.05, 0) is 277 Å². The van der Waals surface area contributed by atoms with Crippen LogP contribution in [0.3, 0.4) is 0 Å². The number of esters is 1. The number of carbonyl (C=O) groups excluding carboxylic acids is 8. The summed E-state index contributed by atoms with van der Waals surface area (Å²) in [5, 5.41) is 15.3. The lowest BCUT2D eigenvalue weighted by Gasteiger charge is -2.16. The summed E-state index contributed by atoms with van der Waals surface area (Å²) in [6.07, 6.45) is 7.04. The summed E-state index contributed by atoms with van der Waals surface area (Å²) >= 11 is 3.37. The second-order valence-electron chi connectivity index (χ2n) is 37.2. The summed E-state index contributed by atoms with van der Waals surface area (Å²) in [6, 6.07) is 61.0. The summed E-state index contributed by atoms with van der Waals surface area (Å²) in [4.78, 5) is 146. The number of nitrogens with two attached hydrogens (primary N) is 1. The maximum absolute atomic E-state index is 13.0. The second kappa shape index (κ2) is 56.1. The molecule has 10 heterocycles. The molecule has 27 nitrogen and oxygen atoms in total. The van der Waals surface area contributed by atoms with E-state index in [0.29, 0.717) is 86.1 Å². The Morgan fingerprint density at radius 2 is 0.616 bits per heavy atom. The Labute approximate surface area is 864 Å². The Hall–Kier alpha value is -14.6. The summed E-state index contributed by atoms with van der Waals surface area (Å²) in [7, 11) is 1.39. The molecule has 0 radical (unpaired) electrons. The third-order valence-corrected chi connectivity index (χ3v) is 27.7. The van der Waals surface area contributed by atoms with E-state index in [0.717, 1.165) is 131 Å². The van der Waals surface area contributed by atoms with Crippen molar-refractivity contribution in [1.82, 2.24) is 63.7 Å². The second-order valence-corrected chi connectivity index (χ2v) is 38.7. The fourth-order valence-corrected chi connectivity index (χ4v) is 18.5. The molecule has 6 atom stereocenters. The van der Waals surface area contributed by atoms with E-state index in [-0.39, 0.29) is 77.9 Å². The molecule has 146 heavy (non-hydrogen) atoms. The van der Waals surface area contributed by atoms with E-state index in [1.165, 1.54) is 65.1 Å². The highest BCUT2D eigenvalue weighted by atomic mass is 79.9. The summed E-state index contributed by atoms with van der Waals surface area (Å²) in [6.45, 7) is 56.6. The number of halogens is 1. The highest BCUT2D eigenvalue weighted by Gasteiger charge is 2.27. The molecule has 0 spiro atoms. The molecule has 28 heteroatoms. The van der Waals surface area contributed by atoms with Crippen LogP contribution in [0.2, 0.25) is 0 Å². The maximum atomic E-state index is 13.0. The highest BCUT2D eigenvalue weighted by Crippen LogP contribution is 2.36. The predicted molar refractivity (Wildman–Crippen MR) is 594 cm³/mol. The van der Waals surface area contributed by atoms with Crippen molar-refractivity contribution < 1.29 is 43.1 Å². The van der Waals surface area contributed by atoms with Gasteiger partial charge in [0.2, 0.25) is 0 Å². The number of benzene rings is 6. The van der Waals surface area contributed by atoms with Gasteiger partial charge in [0.05, 0.1) is 29.4 Å². The number of carbonyl (C=O) groups is 4. The maximum Gasteiger partial charge on any atom is 0.373 e. The van der Waals surface area contributed by atoms with Crippen LogP contribution in [0.1, 0.15) is 300 Å². The van der Waals surface area contributed by atoms with Crippen LogP contribution in [0, 0.1) is 104 Å². The fourth-order valence-electron chi connectivity index (χ4n) is 18.5. The van der Waals surface area contributed by atoms with E-state index in [4.69, 9.17) is 29.6 Å². The molecule has 6 unspecified atom stereocenters. The van der Waals surface area contributed by atoms with Crippen LogP contribution < -0.4 is 43.9 Å². The van der Waals surface area contributed by atoms with Gasteiger partial charge in [-0.25, -0.2) is 4.79 Å². The number of H-pyrrole nitrogens is 5. The van der Waals surface area contributed by atoms with E-state index >= 15 is 0 Å². The van der Waals surface area contributed by atoms with E-state index in [1.807, 2.05) is 186 Å². The van der Waals surface area contributed by atoms with Gasteiger partial charge in [0.15, 0.2) is 0 Å². The minimum absolute atomic E-state index is 0.0648. The molecule has 10 N–H and O–H groups in total. The van der Waals surface area contributed by atoms with Gasteiger partial charge in [-0.1, -0.05) is 174 Å². The average Bonchev–Trinajstić information content (AvgIpc) is 1.61. The Bertz CT molecular complexity index is 7120. The first-order chi connectivity index (χ1) is 69.4. The number of para-hydroxylation sites is 6. The number of rotatable bonds is 22. The molecule has 0 saturated heterocycles. The first-order valence-corrected chi connectivity index (χ1v) is 50.9. The molecule has 776 valence electrons. The SMILES string of the molecule is CCC(C)Br.CCC(C)n1c(C)c(C(=O)NCc2c(C)cc(C)[nH]c2=O)c2ccccc21.CCC(C)n1c(C)c(C(=O)NCc2c(C)cc(C)[nH]c2=O)c2ccccc21.CCC(C)n1c(C)c(C(=O)NCc2c(C)cc(C)[nH]c2=O)c2ccccc21.CCC(C)n1c(C)c(C)c2ccccc21.CCC(C)n1c(C)cc2ccccc21.COC(=O)c1c(C)[nH]c2ccccc12.Cc1cc(C)c(CN)c(=O)[nH]1.O=C=O.O=C=O. The zero-order valence-corrected chi connectivity index (χ0v) is 91.9. The molecule has 3 amide bonds.